The molecule has 1 aromatic heterocycles. The fourth-order valence-electron chi connectivity index (χ4n) is 5.04. The van der Waals surface area contributed by atoms with Crippen LogP contribution in [0, 0.1) is 5.92 Å². The van der Waals surface area contributed by atoms with Crippen molar-refractivity contribution < 1.29 is 20.4 Å². The predicted octanol–water partition coefficient (Wildman–Crippen LogP) is 4.64. The summed E-state index contributed by atoms with van der Waals surface area (Å²) in [6.07, 6.45) is 2.98. The first-order chi connectivity index (χ1) is 16.0. The Hall–Kier alpha value is -2.48. The van der Waals surface area contributed by atoms with Gasteiger partial charge in [-0.05, 0) is 56.4 Å². The van der Waals surface area contributed by atoms with E-state index >= 15 is 0 Å². The maximum absolute atomic E-state index is 13.8. The van der Waals surface area contributed by atoms with Gasteiger partial charge in [-0.3, -0.25) is 4.79 Å². The summed E-state index contributed by atoms with van der Waals surface area (Å²) in [4.78, 5) is 20.2. The molecule has 0 saturated carbocycles. The molecule has 4 atom stereocenters. The molecule has 3 aliphatic heterocycles. The summed E-state index contributed by atoms with van der Waals surface area (Å²) in [5.41, 5.74) is 3.94. The maximum atomic E-state index is 13.8. The van der Waals surface area contributed by atoms with Gasteiger partial charge >= 0.3 is 0 Å². The van der Waals surface area contributed by atoms with E-state index in [2.05, 4.69) is 35.4 Å². The van der Waals surface area contributed by atoms with Crippen molar-refractivity contribution in [2.24, 2.45) is 5.92 Å². The van der Waals surface area contributed by atoms with Crippen LogP contribution in [-0.2, 0) is 25.5 Å². The Morgan fingerprint density at radius 3 is 2.85 bits per heavy atom. The van der Waals surface area contributed by atoms with E-state index in [9.17, 15) is 4.79 Å². The zero-order chi connectivity index (χ0) is 22.9. The molecular formula is C26H35N3O4. The first kappa shape index (κ1) is 22.3. The Bertz CT molecular complexity index is 1010. The normalized spacial score (nSPS) is 27.0. The average Bonchev–Trinajstić information content (AvgIpc) is 3.16. The molecular weight excluding hydrogens is 418 g/mol. The third-order valence-corrected chi connectivity index (χ3v) is 6.82. The molecule has 178 valence electrons. The van der Waals surface area contributed by atoms with Gasteiger partial charge in [0.15, 0.2) is 0 Å². The van der Waals surface area contributed by atoms with Gasteiger partial charge in [-0.2, -0.15) is 0 Å². The molecule has 33 heavy (non-hydrogen) atoms. The molecule has 3 aliphatic rings. The van der Waals surface area contributed by atoms with Crippen LogP contribution in [0.25, 0.3) is 0 Å². The summed E-state index contributed by atoms with van der Waals surface area (Å²) < 4.78 is 17.6. The van der Waals surface area contributed by atoms with Crippen molar-refractivity contribution in [2.75, 3.05) is 30.0 Å². The second kappa shape index (κ2) is 9.41. The minimum absolute atomic E-state index is 0. The number of pyridine rings is 1. The van der Waals surface area contributed by atoms with E-state index < -0.39 is 6.10 Å². The first-order valence-electron chi connectivity index (χ1n) is 12.0. The van der Waals surface area contributed by atoms with E-state index in [0.29, 0.717) is 38.0 Å². The van der Waals surface area contributed by atoms with Gasteiger partial charge < -0.3 is 24.4 Å². The molecule has 1 amide bonds. The fraction of sp³-hybridized carbons (Fsp3) is 0.538. The van der Waals surface area contributed by atoms with Gasteiger partial charge in [-0.25, -0.2) is 4.98 Å². The molecule has 0 aliphatic carbocycles. The third-order valence-electron chi connectivity index (χ3n) is 6.82. The van der Waals surface area contributed by atoms with Gasteiger partial charge in [0, 0.05) is 25.7 Å². The van der Waals surface area contributed by atoms with Crippen LogP contribution in [0.2, 0.25) is 0 Å². The molecule has 0 radical (unpaired) electrons. The fourth-order valence-corrected chi connectivity index (χ4v) is 5.04. The standard InChI is InChI=1S/C26H33N3O4.H2/c1-16(2)33-20-7-9-24(32-14-20)26(30)29-12-19-5-4-10-27-25(19)28-22-8-6-18(11-23(22)29)21-15-31-13-17(21)3;/h4-6,8,10-11,16-17,20-21,24H,7,9,12-15H2,1-3H3,(H,27,28);1H/t17-,20+,21-,24-;/m1./s1. The largest absolute Gasteiger partial charge is 0.381 e. The minimum Gasteiger partial charge on any atom is -0.381 e. The van der Waals surface area contributed by atoms with Crippen LogP contribution < -0.4 is 10.2 Å². The number of hydrogen-bond donors (Lipinski definition) is 1. The summed E-state index contributed by atoms with van der Waals surface area (Å²) in [7, 11) is 0. The van der Waals surface area contributed by atoms with E-state index in [-0.39, 0.29) is 19.5 Å². The number of carbonyl (C=O) groups is 1. The molecule has 5 rings (SSSR count). The molecule has 1 N–H and O–H groups in total. The lowest BCUT2D eigenvalue weighted by Crippen LogP contribution is -2.44. The van der Waals surface area contributed by atoms with Crippen molar-refractivity contribution in [1.29, 1.82) is 0 Å². The Balaban J connectivity index is 0.00000274. The summed E-state index contributed by atoms with van der Waals surface area (Å²) in [6, 6.07) is 10.3. The minimum atomic E-state index is -0.472. The summed E-state index contributed by atoms with van der Waals surface area (Å²) in [6.45, 7) is 8.65. The van der Waals surface area contributed by atoms with E-state index in [1.807, 2.05) is 30.9 Å². The number of hydrogen-bond acceptors (Lipinski definition) is 6. The highest BCUT2D eigenvalue weighted by Crippen LogP contribution is 2.40. The van der Waals surface area contributed by atoms with Gasteiger partial charge in [0.2, 0.25) is 0 Å². The van der Waals surface area contributed by atoms with Crippen LogP contribution in [0.4, 0.5) is 17.2 Å². The van der Waals surface area contributed by atoms with Crippen molar-refractivity contribution >= 4 is 23.1 Å². The SMILES string of the molecule is CC(C)O[C@H]1CC[C@H](C(=O)N2Cc3cccnc3Nc3ccc([C@@H]4COC[C@H]4C)cc32)OC1.[HH]. The topological polar surface area (TPSA) is 72.9 Å². The lowest BCUT2D eigenvalue weighted by atomic mass is 9.89. The van der Waals surface area contributed by atoms with Crippen molar-refractivity contribution in [3.63, 3.8) is 0 Å². The van der Waals surface area contributed by atoms with Crippen LogP contribution in [0.1, 0.15) is 52.1 Å². The number of nitrogens with one attached hydrogen (secondary N) is 1. The number of amides is 1. The first-order valence-corrected chi connectivity index (χ1v) is 12.0. The number of anilines is 3. The summed E-state index contributed by atoms with van der Waals surface area (Å²) >= 11 is 0. The molecule has 2 saturated heterocycles. The van der Waals surface area contributed by atoms with E-state index in [0.717, 1.165) is 35.8 Å². The number of benzene rings is 1. The van der Waals surface area contributed by atoms with Crippen molar-refractivity contribution in [2.45, 2.75) is 64.4 Å². The number of fused-ring (bicyclic) bond motifs is 2. The zero-order valence-corrected chi connectivity index (χ0v) is 19.6. The third kappa shape index (κ3) is 4.63. The second-order valence-electron chi connectivity index (χ2n) is 9.66. The number of nitrogens with zero attached hydrogens (tertiary/aromatic N) is 2. The number of aromatic nitrogens is 1. The van der Waals surface area contributed by atoms with Crippen LogP contribution >= 0.6 is 0 Å². The van der Waals surface area contributed by atoms with E-state index in [1.54, 1.807) is 6.20 Å². The lowest BCUT2D eigenvalue weighted by Gasteiger charge is -2.33. The van der Waals surface area contributed by atoms with Crippen LogP contribution in [0.3, 0.4) is 0 Å². The Morgan fingerprint density at radius 1 is 1.24 bits per heavy atom. The molecule has 2 aromatic rings. The number of rotatable bonds is 4. The lowest BCUT2D eigenvalue weighted by molar-refractivity contribution is -0.143. The Kier molecular flexibility index (Phi) is 6.36. The highest BCUT2D eigenvalue weighted by molar-refractivity contribution is 6.01. The summed E-state index contributed by atoms with van der Waals surface area (Å²) in [5, 5.41) is 3.45. The van der Waals surface area contributed by atoms with E-state index in [1.165, 1.54) is 5.56 Å². The Morgan fingerprint density at radius 2 is 2.12 bits per heavy atom. The molecule has 7 heteroatoms. The zero-order valence-electron chi connectivity index (χ0n) is 19.6. The van der Waals surface area contributed by atoms with Crippen molar-refractivity contribution in [1.82, 2.24) is 4.98 Å². The van der Waals surface area contributed by atoms with Gasteiger partial charge in [0.05, 0.1) is 43.3 Å². The molecule has 0 bridgehead atoms. The molecule has 2 fully saturated rings. The average molecular weight is 454 g/mol. The monoisotopic (exact) mass is 453 g/mol. The molecule has 4 heterocycles. The number of carbonyl (C=O) groups excluding carboxylic acids is 1. The maximum Gasteiger partial charge on any atom is 0.256 e. The summed E-state index contributed by atoms with van der Waals surface area (Å²) in [5.74, 6) is 1.56. The number of ether oxygens (including phenoxy) is 3. The van der Waals surface area contributed by atoms with Crippen LogP contribution in [-0.4, -0.2) is 49.0 Å². The van der Waals surface area contributed by atoms with Crippen LogP contribution in [0.5, 0.6) is 0 Å². The van der Waals surface area contributed by atoms with Crippen molar-refractivity contribution in [3.8, 4) is 0 Å². The quantitative estimate of drug-likeness (QED) is 0.727. The molecule has 1 aromatic carbocycles. The van der Waals surface area contributed by atoms with Gasteiger partial charge in [0.25, 0.3) is 5.91 Å². The van der Waals surface area contributed by atoms with Crippen molar-refractivity contribution in [3.05, 3.63) is 47.7 Å². The molecule has 7 nitrogen and oxygen atoms in total. The van der Waals surface area contributed by atoms with Gasteiger partial charge in [0.1, 0.15) is 11.9 Å². The second-order valence-corrected chi connectivity index (χ2v) is 9.66. The molecule has 0 spiro atoms. The highest BCUT2D eigenvalue weighted by Gasteiger charge is 2.35. The highest BCUT2D eigenvalue weighted by atomic mass is 16.5. The van der Waals surface area contributed by atoms with Gasteiger partial charge in [-0.1, -0.05) is 19.1 Å². The van der Waals surface area contributed by atoms with Gasteiger partial charge in [-0.15, -0.1) is 0 Å². The Labute approximate surface area is 196 Å². The predicted molar refractivity (Wildman–Crippen MR) is 129 cm³/mol. The van der Waals surface area contributed by atoms with E-state index in [4.69, 9.17) is 14.2 Å². The molecule has 0 unspecified atom stereocenters. The van der Waals surface area contributed by atoms with Crippen LogP contribution in [0.15, 0.2) is 36.5 Å². The smallest absolute Gasteiger partial charge is 0.256 e.